The molecule has 7 nitrogen and oxygen atoms in total. The van der Waals surface area contributed by atoms with Crippen LogP contribution in [-0.4, -0.2) is 30.0 Å². The minimum absolute atomic E-state index is 0.00678. The molecule has 0 aliphatic carbocycles. The maximum atomic E-state index is 12.3. The van der Waals surface area contributed by atoms with E-state index in [1.807, 2.05) is 35.0 Å². The molecule has 0 aliphatic rings. The van der Waals surface area contributed by atoms with Crippen LogP contribution in [0.1, 0.15) is 0 Å². The third kappa shape index (κ3) is 4.82. The molecule has 1 aromatic carbocycles. The standard InChI is InChI=1S/C19H16N4O3S4/c20-30(25,26)13-7-5-12(6-8-13)21-16(24)11-29-19-22-17(14-3-1-9-27-14)18(23-19)15-4-2-10-28-15/h1-10H,11H2,(H,21,24)(H,22,23)(H2,20,25,26). The lowest BCUT2D eigenvalue weighted by atomic mass is 10.2. The van der Waals surface area contributed by atoms with Crippen LogP contribution in [0.5, 0.6) is 0 Å². The summed E-state index contributed by atoms with van der Waals surface area (Å²) in [6, 6.07) is 13.7. The topological polar surface area (TPSA) is 118 Å². The Balaban J connectivity index is 1.45. The molecule has 4 rings (SSSR count). The van der Waals surface area contributed by atoms with Gasteiger partial charge in [0.25, 0.3) is 0 Å². The minimum atomic E-state index is -3.76. The second-order valence-electron chi connectivity index (χ2n) is 6.13. The van der Waals surface area contributed by atoms with E-state index in [-0.39, 0.29) is 16.6 Å². The average molecular weight is 477 g/mol. The summed E-state index contributed by atoms with van der Waals surface area (Å²) in [5.74, 6) is -0.0758. The predicted molar refractivity (Wildman–Crippen MR) is 122 cm³/mol. The van der Waals surface area contributed by atoms with Gasteiger partial charge in [-0.2, -0.15) is 0 Å². The van der Waals surface area contributed by atoms with Crippen LogP contribution < -0.4 is 10.5 Å². The number of H-pyrrole nitrogens is 1. The number of nitrogens with zero attached hydrogens (tertiary/aromatic N) is 1. The number of benzene rings is 1. The highest BCUT2D eigenvalue weighted by Gasteiger charge is 2.17. The Morgan fingerprint density at radius 2 is 1.73 bits per heavy atom. The summed E-state index contributed by atoms with van der Waals surface area (Å²) in [5, 5.41) is 12.5. The van der Waals surface area contributed by atoms with Gasteiger partial charge in [-0.25, -0.2) is 18.5 Å². The quantitative estimate of drug-likeness (QED) is 0.345. The van der Waals surface area contributed by atoms with Gasteiger partial charge in [0.1, 0.15) is 5.69 Å². The van der Waals surface area contributed by atoms with Crippen molar-refractivity contribution in [1.82, 2.24) is 9.97 Å². The molecule has 0 radical (unpaired) electrons. The Labute approximate surface area is 185 Å². The number of anilines is 1. The van der Waals surface area contributed by atoms with Gasteiger partial charge in [0, 0.05) is 5.69 Å². The SMILES string of the molecule is NS(=O)(=O)c1ccc(NC(=O)CSc2nc(-c3cccs3)c(-c3cccs3)[nH]2)cc1. The lowest BCUT2D eigenvalue weighted by molar-refractivity contribution is -0.113. The van der Waals surface area contributed by atoms with Crippen molar-refractivity contribution < 1.29 is 13.2 Å². The van der Waals surface area contributed by atoms with Crippen LogP contribution in [0.25, 0.3) is 21.1 Å². The number of amides is 1. The van der Waals surface area contributed by atoms with Gasteiger partial charge >= 0.3 is 0 Å². The Bertz CT molecular complexity index is 1190. The van der Waals surface area contributed by atoms with Crippen LogP contribution in [0.4, 0.5) is 5.69 Å². The Morgan fingerprint density at radius 1 is 1.07 bits per heavy atom. The molecule has 11 heteroatoms. The van der Waals surface area contributed by atoms with Crippen LogP contribution in [0.15, 0.2) is 69.3 Å². The van der Waals surface area contributed by atoms with Crippen LogP contribution in [0.3, 0.4) is 0 Å². The largest absolute Gasteiger partial charge is 0.332 e. The van der Waals surface area contributed by atoms with Crippen molar-refractivity contribution in [3.63, 3.8) is 0 Å². The van der Waals surface area contributed by atoms with Crippen molar-refractivity contribution in [2.24, 2.45) is 5.14 Å². The zero-order chi connectivity index (χ0) is 21.1. The van der Waals surface area contributed by atoms with Gasteiger partial charge in [-0.3, -0.25) is 4.79 Å². The molecule has 0 fully saturated rings. The number of hydrogen-bond acceptors (Lipinski definition) is 7. The second kappa shape index (κ2) is 8.74. The molecular formula is C19H16N4O3S4. The number of carbonyl (C=O) groups excluding carboxylic acids is 1. The smallest absolute Gasteiger partial charge is 0.238 e. The molecule has 3 aromatic heterocycles. The highest BCUT2D eigenvalue weighted by atomic mass is 32.2. The summed E-state index contributed by atoms with van der Waals surface area (Å²) in [6.45, 7) is 0. The number of nitrogens with two attached hydrogens (primary N) is 1. The van der Waals surface area contributed by atoms with Gasteiger partial charge < -0.3 is 10.3 Å². The number of carbonyl (C=O) groups is 1. The average Bonchev–Trinajstić information content (AvgIpc) is 3.47. The summed E-state index contributed by atoms with van der Waals surface area (Å²) in [5.41, 5.74) is 2.30. The molecule has 0 unspecified atom stereocenters. The first-order valence-corrected chi connectivity index (χ1v) is 12.9. The fraction of sp³-hybridized carbons (Fsp3) is 0.0526. The van der Waals surface area contributed by atoms with Crippen LogP contribution >= 0.6 is 34.4 Å². The molecular weight excluding hydrogens is 461 g/mol. The van der Waals surface area contributed by atoms with Gasteiger partial charge in [0.05, 0.1) is 26.1 Å². The first-order chi connectivity index (χ1) is 14.4. The zero-order valence-electron chi connectivity index (χ0n) is 15.4. The van der Waals surface area contributed by atoms with Crippen molar-refractivity contribution in [1.29, 1.82) is 0 Å². The number of aromatic nitrogens is 2. The highest BCUT2D eigenvalue weighted by Crippen LogP contribution is 2.36. The van der Waals surface area contributed by atoms with E-state index < -0.39 is 10.0 Å². The van der Waals surface area contributed by atoms with Crippen molar-refractivity contribution in [3.8, 4) is 21.1 Å². The Morgan fingerprint density at radius 3 is 2.33 bits per heavy atom. The van der Waals surface area contributed by atoms with Crippen LogP contribution in [0.2, 0.25) is 0 Å². The molecule has 4 N–H and O–H groups in total. The second-order valence-corrected chi connectivity index (χ2v) is 10.5. The number of thioether (sulfide) groups is 1. The Hall–Kier alpha value is -2.44. The zero-order valence-corrected chi connectivity index (χ0v) is 18.6. The molecule has 0 spiro atoms. The molecule has 0 saturated carbocycles. The van der Waals surface area contributed by atoms with Crippen molar-refractivity contribution >= 4 is 56.1 Å². The minimum Gasteiger partial charge on any atom is -0.332 e. The van der Waals surface area contributed by atoms with E-state index in [4.69, 9.17) is 10.1 Å². The summed E-state index contributed by atoms with van der Waals surface area (Å²) in [6.07, 6.45) is 0. The monoisotopic (exact) mass is 476 g/mol. The summed E-state index contributed by atoms with van der Waals surface area (Å²) >= 11 is 4.53. The number of hydrogen-bond donors (Lipinski definition) is 3. The molecule has 4 aromatic rings. The number of rotatable bonds is 7. The van der Waals surface area contributed by atoms with Crippen LogP contribution in [-0.2, 0) is 14.8 Å². The molecule has 0 atom stereocenters. The first kappa shape index (κ1) is 20.8. The molecule has 0 saturated heterocycles. The van der Waals surface area contributed by atoms with E-state index in [0.717, 1.165) is 21.1 Å². The van der Waals surface area contributed by atoms with Gasteiger partial charge in [0.2, 0.25) is 15.9 Å². The Kier molecular flexibility index (Phi) is 6.06. The number of thiophene rings is 2. The molecule has 30 heavy (non-hydrogen) atoms. The maximum Gasteiger partial charge on any atom is 0.238 e. The molecule has 154 valence electrons. The fourth-order valence-corrected chi connectivity index (χ4v) is 5.30. The van der Waals surface area contributed by atoms with E-state index in [1.165, 1.54) is 36.0 Å². The van der Waals surface area contributed by atoms with E-state index >= 15 is 0 Å². The summed E-state index contributed by atoms with van der Waals surface area (Å²) in [7, 11) is -3.76. The summed E-state index contributed by atoms with van der Waals surface area (Å²) < 4.78 is 22.6. The molecule has 1 amide bonds. The molecule has 0 aliphatic heterocycles. The third-order valence-corrected chi connectivity index (χ3v) is 7.58. The van der Waals surface area contributed by atoms with Gasteiger partial charge in [-0.1, -0.05) is 23.9 Å². The first-order valence-electron chi connectivity index (χ1n) is 8.63. The molecule has 0 bridgehead atoms. The van der Waals surface area contributed by atoms with Crippen molar-refractivity contribution in [2.75, 3.05) is 11.1 Å². The van der Waals surface area contributed by atoms with Gasteiger partial charge in [0.15, 0.2) is 5.16 Å². The fourth-order valence-electron chi connectivity index (χ4n) is 2.67. The van der Waals surface area contributed by atoms with E-state index in [0.29, 0.717) is 10.8 Å². The predicted octanol–water partition coefficient (Wildman–Crippen LogP) is 4.24. The van der Waals surface area contributed by atoms with Crippen LogP contribution in [0, 0.1) is 0 Å². The lowest BCUT2D eigenvalue weighted by Crippen LogP contribution is -2.15. The maximum absolute atomic E-state index is 12.3. The van der Waals surface area contributed by atoms with Gasteiger partial charge in [-0.05, 0) is 47.2 Å². The van der Waals surface area contributed by atoms with Crippen molar-refractivity contribution in [2.45, 2.75) is 10.1 Å². The molecule has 3 heterocycles. The van der Waals surface area contributed by atoms with E-state index in [1.54, 1.807) is 22.7 Å². The number of primary sulfonamides is 1. The normalized spacial score (nSPS) is 11.5. The number of aromatic amines is 1. The summed E-state index contributed by atoms with van der Waals surface area (Å²) in [4.78, 5) is 22.4. The highest BCUT2D eigenvalue weighted by molar-refractivity contribution is 7.99. The van der Waals surface area contributed by atoms with E-state index in [2.05, 4.69) is 10.3 Å². The van der Waals surface area contributed by atoms with Gasteiger partial charge in [-0.15, -0.1) is 22.7 Å². The van der Waals surface area contributed by atoms with E-state index in [9.17, 15) is 13.2 Å². The lowest BCUT2D eigenvalue weighted by Gasteiger charge is -2.05. The number of nitrogens with one attached hydrogen (secondary N) is 2. The van der Waals surface area contributed by atoms with Crippen molar-refractivity contribution in [3.05, 3.63) is 59.3 Å². The third-order valence-electron chi connectivity index (χ3n) is 4.01. The number of imidazole rings is 1. The number of sulfonamides is 1.